The van der Waals surface area contributed by atoms with E-state index in [1.54, 1.807) is 0 Å². The summed E-state index contributed by atoms with van der Waals surface area (Å²) in [4.78, 5) is 2.42. The van der Waals surface area contributed by atoms with Crippen molar-refractivity contribution in [3.63, 3.8) is 0 Å². The van der Waals surface area contributed by atoms with Crippen molar-refractivity contribution < 1.29 is 0 Å². The fourth-order valence-electron chi connectivity index (χ4n) is 7.70. The molecule has 0 unspecified atom stereocenters. The second-order valence-corrected chi connectivity index (χ2v) is 14.0. The first-order valence-corrected chi connectivity index (χ1v) is 17.9. The second kappa shape index (κ2) is 11.7. The molecule has 2 heteroatoms. The molecule has 0 fully saturated rings. The summed E-state index contributed by atoms with van der Waals surface area (Å²) < 4.78 is 2.60. The number of fused-ring (bicyclic) bond motifs is 7. The molecule has 0 aliphatic rings. The Bertz CT molecular complexity index is 2890. The molecule has 234 valence electrons. The highest BCUT2D eigenvalue weighted by molar-refractivity contribution is 7.25. The lowest BCUT2D eigenvalue weighted by Gasteiger charge is -2.27. The van der Waals surface area contributed by atoms with Crippen LogP contribution in [-0.2, 0) is 0 Å². The summed E-state index contributed by atoms with van der Waals surface area (Å²) in [6.45, 7) is 0. The molecule has 0 aliphatic carbocycles. The summed E-state index contributed by atoms with van der Waals surface area (Å²) in [5.41, 5.74) is 8.25. The Morgan fingerprint density at radius 3 is 1.66 bits per heavy atom. The van der Waals surface area contributed by atoms with Crippen LogP contribution in [0.1, 0.15) is 0 Å². The molecule has 9 aromatic carbocycles. The van der Waals surface area contributed by atoms with E-state index in [2.05, 4.69) is 193 Å². The number of nitrogens with zero attached hydrogens (tertiary/aromatic N) is 1. The number of benzene rings is 9. The van der Waals surface area contributed by atoms with Crippen molar-refractivity contribution in [1.29, 1.82) is 0 Å². The summed E-state index contributed by atoms with van der Waals surface area (Å²) in [5, 5.41) is 10.2. The molecule has 10 rings (SSSR count). The van der Waals surface area contributed by atoms with Crippen molar-refractivity contribution in [2.24, 2.45) is 0 Å². The molecule has 0 N–H and O–H groups in total. The van der Waals surface area contributed by atoms with Crippen LogP contribution in [0.3, 0.4) is 0 Å². The molecule has 1 nitrogen and oxygen atoms in total. The molecule has 0 bridgehead atoms. The molecule has 0 saturated carbocycles. The summed E-state index contributed by atoms with van der Waals surface area (Å²) in [6, 6.07) is 68.8. The van der Waals surface area contributed by atoms with Crippen LogP contribution in [0.4, 0.5) is 17.1 Å². The smallest absolute Gasteiger partial charge is 0.0476 e. The van der Waals surface area contributed by atoms with Crippen molar-refractivity contribution in [3.8, 4) is 22.3 Å². The molecular formula is C48H31NS. The highest BCUT2D eigenvalue weighted by Gasteiger charge is 2.18. The van der Waals surface area contributed by atoms with E-state index in [0.717, 1.165) is 17.1 Å². The quantitative estimate of drug-likeness (QED) is 0.167. The fraction of sp³-hybridized carbons (Fsp3) is 0. The fourth-order valence-corrected chi connectivity index (χ4v) is 8.84. The maximum absolute atomic E-state index is 2.42. The van der Waals surface area contributed by atoms with Gasteiger partial charge in [0.25, 0.3) is 0 Å². The van der Waals surface area contributed by atoms with Crippen LogP contribution in [0, 0.1) is 0 Å². The predicted molar refractivity (Wildman–Crippen MR) is 217 cm³/mol. The van der Waals surface area contributed by atoms with Crippen LogP contribution in [0.5, 0.6) is 0 Å². The maximum atomic E-state index is 2.42. The lowest BCUT2D eigenvalue weighted by atomic mass is 9.93. The average molecular weight is 654 g/mol. The normalized spacial score (nSPS) is 11.6. The number of hydrogen-bond acceptors (Lipinski definition) is 2. The molecule has 0 saturated heterocycles. The molecule has 10 aromatic rings. The van der Waals surface area contributed by atoms with E-state index in [-0.39, 0.29) is 0 Å². The first-order chi connectivity index (χ1) is 24.8. The van der Waals surface area contributed by atoms with Gasteiger partial charge in [-0.2, -0.15) is 0 Å². The van der Waals surface area contributed by atoms with E-state index in [9.17, 15) is 0 Å². The first kappa shape index (κ1) is 28.8. The highest BCUT2D eigenvalue weighted by Crippen LogP contribution is 2.43. The van der Waals surface area contributed by atoms with Crippen molar-refractivity contribution in [2.45, 2.75) is 0 Å². The Morgan fingerprint density at radius 1 is 0.300 bits per heavy atom. The maximum Gasteiger partial charge on any atom is 0.0476 e. The van der Waals surface area contributed by atoms with Gasteiger partial charge in [-0.1, -0.05) is 140 Å². The lowest BCUT2D eigenvalue weighted by molar-refractivity contribution is 1.29. The minimum absolute atomic E-state index is 1.12. The standard InChI is InChI=1S/C48H31NS/c1-3-19-39-32(12-1)14-11-24-40(39)33-15-9-17-36(28-33)49(38-26-27-45-44-23-7-8-25-47(44)50-48(45)31-38)37-18-10-16-34(29-37)46-30-35-13-2-4-20-41(35)42-21-5-6-22-43(42)46/h1-31H. The van der Waals surface area contributed by atoms with Crippen LogP contribution in [-0.4, -0.2) is 0 Å². The van der Waals surface area contributed by atoms with Crippen LogP contribution < -0.4 is 4.90 Å². The highest BCUT2D eigenvalue weighted by atomic mass is 32.1. The zero-order valence-corrected chi connectivity index (χ0v) is 28.1. The van der Waals surface area contributed by atoms with E-state index in [4.69, 9.17) is 0 Å². The molecule has 1 aromatic heterocycles. The van der Waals surface area contributed by atoms with E-state index < -0.39 is 0 Å². The topological polar surface area (TPSA) is 3.24 Å². The van der Waals surface area contributed by atoms with E-state index >= 15 is 0 Å². The van der Waals surface area contributed by atoms with Gasteiger partial charge in [-0.15, -0.1) is 11.3 Å². The van der Waals surface area contributed by atoms with Gasteiger partial charge in [-0.3, -0.25) is 0 Å². The number of anilines is 3. The van der Waals surface area contributed by atoms with Gasteiger partial charge in [0.15, 0.2) is 0 Å². The van der Waals surface area contributed by atoms with Gasteiger partial charge < -0.3 is 4.90 Å². The van der Waals surface area contributed by atoms with Crippen LogP contribution in [0.2, 0.25) is 0 Å². The van der Waals surface area contributed by atoms with Gasteiger partial charge in [-0.05, 0) is 103 Å². The van der Waals surface area contributed by atoms with Gasteiger partial charge in [0.2, 0.25) is 0 Å². The lowest BCUT2D eigenvalue weighted by Crippen LogP contribution is -2.10. The third-order valence-electron chi connectivity index (χ3n) is 10.0. The summed E-state index contributed by atoms with van der Waals surface area (Å²) in [5.74, 6) is 0. The minimum atomic E-state index is 1.12. The Balaban J connectivity index is 1.19. The van der Waals surface area contributed by atoms with Crippen LogP contribution in [0.25, 0.3) is 74.7 Å². The summed E-state index contributed by atoms with van der Waals surface area (Å²) >= 11 is 1.86. The Kier molecular flexibility index (Phi) is 6.75. The first-order valence-electron chi connectivity index (χ1n) is 17.1. The second-order valence-electron chi connectivity index (χ2n) is 12.9. The summed E-state index contributed by atoms with van der Waals surface area (Å²) in [7, 11) is 0. The van der Waals surface area contributed by atoms with Crippen molar-refractivity contribution in [2.75, 3.05) is 4.90 Å². The van der Waals surface area contributed by atoms with E-state index in [1.807, 2.05) is 11.3 Å². The average Bonchev–Trinajstić information content (AvgIpc) is 3.56. The molecule has 0 spiro atoms. The Labute approximate surface area is 294 Å². The number of rotatable bonds is 5. The van der Waals surface area contributed by atoms with Crippen molar-refractivity contribution in [1.82, 2.24) is 0 Å². The van der Waals surface area contributed by atoms with Gasteiger partial charge in [0.05, 0.1) is 0 Å². The molecular weight excluding hydrogens is 623 g/mol. The van der Waals surface area contributed by atoms with Crippen molar-refractivity contribution in [3.05, 3.63) is 188 Å². The number of thiophene rings is 1. The van der Waals surface area contributed by atoms with Gasteiger partial charge >= 0.3 is 0 Å². The van der Waals surface area contributed by atoms with Gasteiger partial charge in [0.1, 0.15) is 0 Å². The van der Waals surface area contributed by atoms with Gasteiger partial charge in [0, 0.05) is 37.2 Å². The third-order valence-corrected chi connectivity index (χ3v) is 11.1. The molecule has 0 radical (unpaired) electrons. The molecule has 0 amide bonds. The molecule has 50 heavy (non-hydrogen) atoms. The predicted octanol–water partition coefficient (Wildman–Crippen LogP) is 14.3. The molecule has 0 aliphatic heterocycles. The Hall–Kier alpha value is -6.22. The largest absolute Gasteiger partial charge is 0.310 e. The SMILES string of the molecule is c1cc(-c2cccc3ccccc23)cc(N(c2cccc(-c3cc4ccccc4c4ccccc34)c2)c2ccc3c(c2)sc2ccccc23)c1. The number of hydrogen-bond donors (Lipinski definition) is 0. The van der Waals surface area contributed by atoms with E-state index in [0.29, 0.717) is 0 Å². The monoisotopic (exact) mass is 653 g/mol. The zero-order valence-electron chi connectivity index (χ0n) is 27.3. The Morgan fingerprint density at radius 2 is 0.860 bits per heavy atom. The zero-order chi connectivity index (χ0) is 33.0. The summed E-state index contributed by atoms with van der Waals surface area (Å²) in [6.07, 6.45) is 0. The van der Waals surface area contributed by atoms with E-state index in [1.165, 1.54) is 74.7 Å². The van der Waals surface area contributed by atoms with Crippen molar-refractivity contribution >= 4 is 80.9 Å². The minimum Gasteiger partial charge on any atom is -0.310 e. The van der Waals surface area contributed by atoms with Crippen LogP contribution in [0.15, 0.2) is 188 Å². The third kappa shape index (κ3) is 4.76. The molecule has 1 heterocycles. The van der Waals surface area contributed by atoms with Crippen LogP contribution >= 0.6 is 11.3 Å². The van der Waals surface area contributed by atoms with Gasteiger partial charge in [-0.25, -0.2) is 0 Å². The molecule has 0 atom stereocenters.